The van der Waals surface area contributed by atoms with Crippen LogP contribution in [0.1, 0.15) is 20.8 Å². The van der Waals surface area contributed by atoms with E-state index in [4.69, 9.17) is 9.47 Å². The fourth-order valence-corrected chi connectivity index (χ4v) is 1.38. The van der Waals surface area contributed by atoms with Crippen LogP contribution in [0.25, 0.3) is 0 Å². The van der Waals surface area contributed by atoms with Crippen LogP contribution in [0.2, 0.25) is 0 Å². The van der Waals surface area contributed by atoms with Crippen molar-refractivity contribution in [2.24, 2.45) is 5.92 Å². The Balaban J connectivity index is 2.45. The predicted molar refractivity (Wildman–Crippen MR) is 73.6 cm³/mol. The highest BCUT2D eigenvalue weighted by atomic mass is 16.5. The summed E-state index contributed by atoms with van der Waals surface area (Å²) in [5, 5.41) is 3.03. The number of pyridine rings is 1. The molecule has 0 spiro atoms. The van der Waals surface area contributed by atoms with E-state index in [9.17, 15) is 4.79 Å². The number of hydrogen-bond donors (Lipinski definition) is 1. The van der Waals surface area contributed by atoms with Crippen molar-refractivity contribution < 1.29 is 14.3 Å². The Morgan fingerprint density at radius 1 is 1.37 bits per heavy atom. The largest absolute Gasteiger partial charge is 0.484 e. The fraction of sp³-hybridized carbons (Fsp3) is 0.571. The third kappa shape index (κ3) is 5.70. The Morgan fingerprint density at radius 2 is 2.11 bits per heavy atom. The Labute approximate surface area is 114 Å². The number of Topliss-reactive ketones (excluding diaryl/α,β-unsaturated/α-hetero) is 1. The molecule has 0 fully saturated rings. The number of carbonyl (C=O) groups excluding carboxylic acids is 1. The number of aromatic nitrogens is 1. The van der Waals surface area contributed by atoms with Crippen molar-refractivity contribution in [3.63, 3.8) is 0 Å². The highest BCUT2D eigenvalue weighted by molar-refractivity contribution is 5.81. The molecular formula is C14H22N2O3. The molecule has 0 aromatic carbocycles. The molecule has 0 amide bonds. The van der Waals surface area contributed by atoms with Gasteiger partial charge in [0.1, 0.15) is 18.5 Å². The van der Waals surface area contributed by atoms with Gasteiger partial charge in [-0.05, 0) is 20.0 Å². The summed E-state index contributed by atoms with van der Waals surface area (Å²) in [5.41, 5.74) is 0. The van der Waals surface area contributed by atoms with Gasteiger partial charge in [-0.25, -0.2) is 4.98 Å². The number of rotatable bonds is 8. The molecule has 0 bridgehead atoms. The molecule has 1 heterocycles. The van der Waals surface area contributed by atoms with Gasteiger partial charge in [0, 0.05) is 18.5 Å². The van der Waals surface area contributed by atoms with E-state index < -0.39 is 0 Å². The van der Waals surface area contributed by atoms with Gasteiger partial charge in [0.05, 0.1) is 6.20 Å². The van der Waals surface area contributed by atoms with E-state index in [1.165, 1.54) is 0 Å². The molecule has 5 nitrogen and oxygen atoms in total. The zero-order valence-corrected chi connectivity index (χ0v) is 12.0. The molecule has 5 heteroatoms. The number of hydrogen-bond acceptors (Lipinski definition) is 5. The molecule has 0 unspecified atom stereocenters. The first-order valence-corrected chi connectivity index (χ1v) is 6.45. The molecule has 0 saturated carbocycles. The Morgan fingerprint density at radius 3 is 2.63 bits per heavy atom. The van der Waals surface area contributed by atoms with E-state index in [-0.39, 0.29) is 24.4 Å². The quantitative estimate of drug-likeness (QED) is 0.775. The monoisotopic (exact) mass is 266 g/mol. The first-order chi connectivity index (χ1) is 9.02. The maximum atomic E-state index is 11.4. The lowest BCUT2D eigenvalue weighted by molar-refractivity contribution is -0.123. The van der Waals surface area contributed by atoms with Crippen LogP contribution < -0.4 is 14.8 Å². The molecule has 1 aromatic rings. The molecule has 0 aliphatic heterocycles. The zero-order chi connectivity index (χ0) is 14.3. The lowest BCUT2D eigenvalue weighted by atomic mass is 10.1. The van der Waals surface area contributed by atoms with Crippen LogP contribution in [0.3, 0.4) is 0 Å². The van der Waals surface area contributed by atoms with Gasteiger partial charge >= 0.3 is 0 Å². The normalized spacial score (nSPS) is 12.3. The molecule has 1 atom stereocenters. The van der Waals surface area contributed by atoms with E-state index in [2.05, 4.69) is 10.3 Å². The van der Waals surface area contributed by atoms with Gasteiger partial charge in [-0.3, -0.25) is 4.79 Å². The summed E-state index contributed by atoms with van der Waals surface area (Å²) in [6.45, 7) is 6.50. The molecule has 1 rings (SSSR count). The summed E-state index contributed by atoms with van der Waals surface area (Å²) < 4.78 is 10.9. The number of nitrogens with zero attached hydrogens (tertiary/aromatic N) is 1. The van der Waals surface area contributed by atoms with Gasteiger partial charge < -0.3 is 14.8 Å². The Kier molecular flexibility index (Phi) is 6.29. The van der Waals surface area contributed by atoms with Crippen LogP contribution in [0.4, 0.5) is 0 Å². The van der Waals surface area contributed by atoms with Gasteiger partial charge in [0.2, 0.25) is 5.88 Å². The lowest BCUT2D eigenvalue weighted by Gasteiger charge is -2.13. The second-order valence-electron chi connectivity index (χ2n) is 4.73. The van der Waals surface area contributed by atoms with Crippen molar-refractivity contribution in [3.05, 3.63) is 18.3 Å². The van der Waals surface area contributed by atoms with Crippen LogP contribution in [-0.4, -0.2) is 37.1 Å². The minimum atomic E-state index is -0.0158. The minimum absolute atomic E-state index is 0.0158. The van der Waals surface area contributed by atoms with Crippen molar-refractivity contribution in [2.45, 2.75) is 26.9 Å². The first kappa shape index (κ1) is 15.4. The molecule has 1 aromatic heterocycles. The molecule has 106 valence electrons. The highest BCUT2D eigenvalue weighted by Gasteiger charge is 2.08. The SMILES string of the molecule is CNC[C@@H](C)Oc1ccc(OCC(=O)C(C)C)cn1. The van der Waals surface area contributed by atoms with Crippen molar-refractivity contribution in [1.29, 1.82) is 0 Å². The predicted octanol–water partition coefficient (Wildman–Crippen LogP) is 1.67. The summed E-state index contributed by atoms with van der Waals surface area (Å²) in [5.74, 6) is 1.17. The van der Waals surface area contributed by atoms with E-state index in [0.717, 1.165) is 6.54 Å². The van der Waals surface area contributed by atoms with Crippen LogP contribution >= 0.6 is 0 Å². The number of ketones is 1. The van der Waals surface area contributed by atoms with Crippen LogP contribution in [0, 0.1) is 5.92 Å². The summed E-state index contributed by atoms with van der Waals surface area (Å²) in [7, 11) is 1.87. The maximum Gasteiger partial charge on any atom is 0.213 e. The standard InChI is InChI=1S/C14H22N2O3/c1-10(2)13(17)9-18-12-5-6-14(16-8-12)19-11(3)7-15-4/h5-6,8,10-11,15H,7,9H2,1-4H3/t11-/m1/s1. The lowest BCUT2D eigenvalue weighted by Crippen LogP contribution is -2.26. The number of carbonyl (C=O) groups is 1. The third-order valence-electron chi connectivity index (χ3n) is 2.55. The van der Waals surface area contributed by atoms with Crippen LogP contribution in [-0.2, 0) is 4.79 Å². The second-order valence-corrected chi connectivity index (χ2v) is 4.73. The van der Waals surface area contributed by atoms with E-state index in [1.807, 2.05) is 27.8 Å². The van der Waals surface area contributed by atoms with Gasteiger partial charge in [-0.2, -0.15) is 0 Å². The molecule has 0 saturated heterocycles. The molecular weight excluding hydrogens is 244 g/mol. The molecule has 0 radical (unpaired) electrons. The van der Waals surface area contributed by atoms with Gasteiger partial charge in [-0.15, -0.1) is 0 Å². The number of nitrogens with one attached hydrogen (secondary N) is 1. The van der Waals surface area contributed by atoms with E-state index >= 15 is 0 Å². The first-order valence-electron chi connectivity index (χ1n) is 6.45. The van der Waals surface area contributed by atoms with E-state index in [1.54, 1.807) is 18.3 Å². The molecule has 1 N–H and O–H groups in total. The smallest absolute Gasteiger partial charge is 0.213 e. The highest BCUT2D eigenvalue weighted by Crippen LogP contribution is 2.15. The van der Waals surface area contributed by atoms with Crippen molar-refractivity contribution in [2.75, 3.05) is 20.2 Å². The Hall–Kier alpha value is -1.62. The zero-order valence-electron chi connectivity index (χ0n) is 12.0. The molecule has 19 heavy (non-hydrogen) atoms. The summed E-state index contributed by atoms with van der Waals surface area (Å²) in [6.07, 6.45) is 1.61. The van der Waals surface area contributed by atoms with Crippen LogP contribution in [0.5, 0.6) is 11.6 Å². The van der Waals surface area contributed by atoms with E-state index in [0.29, 0.717) is 11.6 Å². The maximum absolute atomic E-state index is 11.4. The van der Waals surface area contributed by atoms with Gasteiger partial charge in [0.25, 0.3) is 0 Å². The fourth-order valence-electron chi connectivity index (χ4n) is 1.38. The van der Waals surface area contributed by atoms with Gasteiger partial charge in [-0.1, -0.05) is 13.8 Å². The second kappa shape index (κ2) is 7.74. The van der Waals surface area contributed by atoms with Crippen LogP contribution in [0.15, 0.2) is 18.3 Å². The molecule has 0 aliphatic carbocycles. The summed E-state index contributed by atoms with van der Waals surface area (Å²) >= 11 is 0. The van der Waals surface area contributed by atoms with Crippen molar-refractivity contribution >= 4 is 5.78 Å². The summed E-state index contributed by atoms with van der Waals surface area (Å²) in [4.78, 5) is 15.6. The third-order valence-corrected chi connectivity index (χ3v) is 2.55. The van der Waals surface area contributed by atoms with Gasteiger partial charge in [0.15, 0.2) is 5.78 Å². The summed E-state index contributed by atoms with van der Waals surface area (Å²) in [6, 6.07) is 3.49. The Bertz CT molecular complexity index is 390. The number of ether oxygens (including phenoxy) is 2. The van der Waals surface area contributed by atoms with Crippen molar-refractivity contribution in [1.82, 2.24) is 10.3 Å². The number of likely N-dealkylation sites (N-methyl/N-ethyl adjacent to an activating group) is 1. The minimum Gasteiger partial charge on any atom is -0.484 e. The van der Waals surface area contributed by atoms with Crippen molar-refractivity contribution in [3.8, 4) is 11.6 Å². The average Bonchev–Trinajstić information content (AvgIpc) is 2.37. The average molecular weight is 266 g/mol. The topological polar surface area (TPSA) is 60.5 Å². The molecule has 0 aliphatic rings.